The normalized spacial score (nSPS) is 33.2. The number of likely N-dealkylation sites (tertiary alicyclic amines) is 1. The van der Waals surface area contributed by atoms with Crippen LogP contribution in [0.15, 0.2) is 12.7 Å². The number of fused-ring (bicyclic) bond motifs is 1. The minimum Gasteiger partial charge on any atom is -0.466 e. The van der Waals surface area contributed by atoms with E-state index in [1.165, 1.54) is 0 Å². The van der Waals surface area contributed by atoms with Gasteiger partial charge in [0.15, 0.2) is 0 Å². The summed E-state index contributed by atoms with van der Waals surface area (Å²) in [5.41, 5.74) is -1.07. The maximum absolute atomic E-state index is 14.1. The molecule has 0 aromatic heterocycles. The van der Waals surface area contributed by atoms with Crippen LogP contribution in [0.1, 0.15) is 52.9 Å². The molecular formula is C24H37BrN2O6. The molecule has 1 N–H and O–H groups in total. The van der Waals surface area contributed by atoms with Crippen LogP contribution in [-0.4, -0.2) is 87.6 Å². The van der Waals surface area contributed by atoms with Crippen LogP contribution in [0.3, 0.4) is 0 Å². The van der Waals surface area contributed by atoms with Gasteiger partial charge in [-0.15, -0.1) is 6.58 Å². The molecule has 33 heavy (non-hydrogen) atoms. The van der Waals surface area contributed by atoms with E-state index in [1.54, 1.807) is 22.8 Å². The lowest BCUT2D eigenvalue weighted by atomic mass is 9.70. The minimum absolute atomic E-state index is 0.0127. The fourth-order valence-corrected chi connectivity index (χ4v) is 6.85. The number of esters is 1. The molecule has 3 saturated heterocycles. The highest BCUT2D eigenvalue weighted by atomic mass is 79.9. The number of halogens is 1. The van der Waals surface area contributed by atoms with Gasteiger partial charge in [0.1, 0.15) is 11.6 Å². The summed E-state index contributed by atoms with van der Waals surface area (Å²) in [7, 11) is 0. The highest BCUT2D eigenvalue weighted by molar-refractivity contribution is 9.09. The molecule has 9 heteroatoms. The van der Waals surface area contributed by atoms with Gasteiger partial charge in [-0.2, -0.15) is 0 Å². The van der Waals surface area contributed by atoms with Crippen molar-refractivity contribution in [3.8, 4) is 0 Å². The summed E-state index contributed by atoms with van der Waals surface area (Å²) in [5, 5.41) is 9.26. The zero-order chi connectivity index (χ0) is 24.3. The highest BCUT2D eigenvalue weighted by Crippen LogP contribution is 2.60. The molecule has 0 radical (unpaired) electrons. The van der Waals surface area contributed by atoms with Crippen LogP contribution >= 0.6 is 15.9 Å². The Labute approximate surface area is 204 Å². The predicted molar refractivity (Wildman–Crippen MR) is 127 cm³/mol. The molecule has 0 aromatic carbocycles. The molecule has 3 aliphatic rings. The third-order valence-electron chi connectivity index (χ3n) is 7.24. The van der Waals surface area contributed by atoms with Crippen LogP contribution in [-0.2, 0) is 23.9 Å². The number of hydrogen-bond donors (Lipinski definition) is 1. The number of carbonyl (C=O) groups excluding carboxylic acids is 3. The van der Waals surface area contributed by atoms with Crippen LogP contribution in [0.4, 0.5) is 0 Å². The molecule has 3 fully saturated rings. The average Bonchev–Trinajstić information content (AvgIpc) is 3.36. The van der Waals surface area contributed by atoms with Crippen LogP contribution < -0.4 is 0 Å². The lowest BCUT2D eigenvalue weighted by molar-refractivity contribution is -0.155. The topological polar surface area (TPSA) is 96.4 Å². The number of amides is 2. The Morgan fingerprint density at radius 1 is 1.42 bits per heavy atom. The van der Waals surface area contributed by atoms with E-state index in [0.29, 0.717) is 32.4 Å². The van der Waals surface area contributed by atoms with Crippen molar-refractivity contribution in [2.75, 3.05) is 26.3 Å². The van der Waals surface area contributed by atoms with Gasteiger partial charge < -0.3 is 24.4 Å². The lowest BCUT2D eigenvalue weighted by Crippen LogP contribution is -2.58. The first kappa shape index (κ1) is 26.2. The molecule has 3 rings (SSSR count). The molecule has 186 valence electrons. The van der Waals surface area contributed by atoms with Gasteiger partial charge in [0.05, 0.1) is 24.5 Å². The number of hydrogen-bond acceptors (Lipinski definition) is 6. The fourth-order valence-electron chi connectivity index (χ4n) is 5.91. The van der Waals surface area contributed by atoms with Crippen molar-refractivity contribution in [3.05, 3.63) is 12.7 Å². The SMILES string of the molecule is C=CCN(C(=O)C1N(CCCCO)C(=O)[C@@H]2[C@@H](C(=O)OCC)[C@@H]3OC12CC3Br)C(C)CCC. The summed E-state index contributed by atoms with van der Waals surface area (Å²) in [6.45, 7) is 10.6. The summed E-state index contributed by atoms with van der Waals surface area (Å²) in [4.78, 5) is 44.0. The number of alkyl halides is 1. The van der Waals surface area contributed by atoms with Gasteiger partial charge >= 0.3 is 5.97 Å². The zero-order valence-corrected chi connectivity index (χ0v) is 21.5. The maximum atomic E-state index is 14.1. The van der Waals surface area contributed by atoms with Crippen molar-refractivity contribution in [2.24, 2.45) is 11.8 Å². The molecule has 1 spiro atoms. The molecule has 0 saturated carbocycles. The van der Waals surface area contributed by atoms with Crippen molar-refractivity contribution in [1.82, 2.24) is 9.80 Å². The largest absolute Gasteiger partial charge is 0.466 e. The number of unbranched alkanes of at least 4 members (excludes halogenated alkanes) is 1. The Kier molecular flexibility index (Phi) is 8.61. The van der Waals surface area contributed by atoms with Gasteiger partial charge in [0.2, 0.25) is 11.8 Å². The minimum atomic E-state index is -1.07. The summed E-state index contributed by atoms with van der Waals surface area (Å²) >= 11 is 3.65. The van der Waals surface area contributed by atoms with Crippen LogP contribution in [0.2, 0.25) is 0 Å². The Hall–Kier alpha value is -1.45. The van der Waals surface area contributed by atoms with E-state index in [1.807, 2.05) is 6.92 Å². The van der Waals surface area contributed by atoms with Crippen molar-refractivity contribution in [3.63, 3.8) is 0 Å². The second kappa shape index (κ2) is 10.9. The van der Waals surface area contributed by atoms with E-state index in [4.69, 9.17) is 9.47 Å². The number of carbonyl (C=O) groups is 3. The molecule has 3 aliphatic heterocycles. The van der Waals surface area contributed by atoms with E-state index in [0.717, 1.165) is 12.8 Å². The monoisotopic (exact) mass is 528 g/mol. The van der Waals surface area contributed by atoms with Gasteiger partial charge in [-0.3, -0.25) is 14.4 Å². The highest BCUT2D eigenvalue weighted by Gasteiger charge is 2.77. The van der Waals surface area contributed by atoms with Crippen LogP contribution in [0, 0.1) is 11.8 Å². The van der Waals surface area contributed by atoms with E-state index in [2.05, 4.69) is 29.4 Å². The smallest absolute Gasteiger partial charge is 0.312 e. The lowest BCUT2D eigenvalue weighted by Gasteiger charge is -2.39. The Morgan fingerprint density at radius 3 is 2.76 bits per heavy atom. The van der Waals surface area contributed by atoms with E-state index < -0.39 is 35.6 Å². The Morgan fingerprint density at radius 2 is 2.15 bits per heavy atom. The van der Waals surface area contributed by atoms with E-state index in [-0.39, 0.29) is 35.9 Å². The van der Waals surface area contributed by atoms with Gasteiger partial charge in [0, 0.05) is 30.6 Å². The maximum Gasteiger partial charge on any atom is 0.312 e. The summed E-state index contributed by atoms with van der Waals surface area (Å²) in [6, 6.07) is -0.845. The number of nitrogens with zero attached hydrogens (tertiary/aromatic N) is 2. The van der Waals surface area contributed by atoms with Gasteiger partial charge in [-0.05, 0) is 39.5 Å². The molecule has 0 aromatic rings. The van der Waals surface area contributed by atoms with Crippen LogP contribution in [0.5, 0.6) is 0 Å². The summed E-state index contributed by atoms with van der Waals surface area (Å²) < 4.78 is 11.8. The second-order valence-corrected chi connectivity index (χ2v) is 10.5. The first-order valence-corrected chi connectivity index (χ1v) is 13.0. The predicted octanol–water partition coefficient (Wildman–Crippen LogP) is 2.27. The van der Waals surface area contributed by atoms with Crippen molar-refractivity contribution in [1.29, 1.82) is 0 Å². The van der Waals surface area contributed by atoms with Crippen molar-refractivity contribution < 1.29 is 29.0 Å². The Bertz CT molecular complexity index is 763. The van der Waals surface area contributed by atoms with Crippen molar-refractivity contribution >= 4 is 33.7 Å². The number of ether oxygens (including phenoxy) is 2. The van der Waals surface area contributed by atoms with Gasteiger partial charge in [-0.25, -0.2) is 0 Å². The number of aliphatic hydroxyl groups is 1. The van der Waals surface area contributed by atoms with E-state index in [9.17, 15) is 19.5 Å². The summed E-state index contributed by atoms with van der Waals surface area (Å²) in [5.74, 6) is -2.33. The molecule has 4 unspecified atom stereocenters. The molecule has 3 heterocycles. The van der Waals surface area contributed by atoms with Gasteiger partial charge in [-0.1, -0.05) is 35.4 Å². The average molecular weight is 529 g/mol. The molecule has 0 aliphatic carbocycles. The third-order valence-corrected chi connectivity index (χ3v) is 8.08. The number of rotatable bonds is 12. The van der Waals surface area contributed by atoms with Crippen molar-refractivity contribution in [2.45, 2.75) is 81.5 Å². The molecule has 8 nitrogen and oxygen atoms in total. The van der Waals surface area contributed by atoms with E-state index >= 15 is 0 Å². The molecular weight excluding hydrogens is 492 g/mol. The first-order chi connectivity index (χ1) is 15.8. The molecule has 2 amide bonds. The standard InChI is InChI=1S/C24H37BrN2O6/c1-5-10-15(4)26(11-6-2)22(30)20-24-14-16(25)19(33-24)17(23(31)32-7-3)18(24)21(29)27(20)12-8-9-13-28/h6,15-20,28H,2,5,7-14H2,1,3-4H3/t15?,16?,17-,18+,19-,20?,24?/m1/s1. The molecule has 2 bridgehead atoms. The Balaban J connectivity index is 2.03. The van der Waals surface area contributed by atoms with Gasteiger partial charge in [0.25, 0.3) is 0 Å². The van der Waals surface area contributed by atoms with Crippen LogP contribution in [0.25, 0.3) is 0 Å². The number of aliphatic hydroxyl groups excluding tert-OH is 1. The quantitative estimate of drug-likeness (QED) is 0.180. The zero-order valence-electron chi connectivity index (χ0n) is 19.9. The third kappa shape index (κ3) is 4.48. The fraction of sp³-hybridized carbons (Fsp3) is 0.792. The second-order valence-electron chi connectivity index (χ2n) is 9.29. The molecule has 7 atom stereocenters. The first-order valence-electron chi connectivity index (χ1n) is 12.1. The summed E-state index contributed by atoms with van der Waals surface area (Å²) in [6.07, 6.45) is 4.51.